The number of carbonyl (C=O) groups is 1. The van der Waals surface area contributed by atoms with E-state index in [1.54, 1.807) is 22.7 Å². The molecule has 0 spiro atoms. The second-order valence-electron chi connectivity index (χ2n) is 7.01. The summed E-state index contributed by atoms with van der Waals surface area (Å²) in [6.07, 6.45) is 1.75. The van der Waals surface area contributed by atoms with Crippen molar-refractivity contribution >= 4 is 39.6 Å². The summed E-state index contributed by atoms with van der Waals surface area (Å²) in [4.78, 5) is 22.9. The summed E-state index contributed by atoms with van der Waals surface area (Å²) in [6.45, 7) is 3.20. The lowest BCUT2D eigenvalue weighted by Crippen LogP contribution is -2.41. The van der Waals surface area contributed by atoms with Crippen molar-refractivity contribution in [1.82, 2.24) is 14.5 Å². The smallest absolute Gasteiger partial charge is 0.243 e. The van der Waals surface area contributed by atoms with E-state index in [1.165, 1.54) is 15.3 Å². The van der Waals surface area contributed by atoms with Gasteiger partial charge >= 0.3 is 0 Å². The number of hydrogen-bond acceptors (Lipinski definition) is 4. The van der Waals surface area contributed by atoms with E-state index in [1.807, 2.05) is 18.2 Å². The van der Waals surface area contributed by atoms with Gasteiger partial charge in [0.15, 0.2) is 0 Å². The maximum absolute atomic E-state index is 13.5. The van der Waals surface area contributed by atoms with Crippen LogP contribution in [0.3, 0.4) is 0 Å². The topological polar surface area (TPSA) is 38.1 Å². The van der Waals surface area contributed by atoms with Crippen molar-refractivity contribution in [3.8, 4) is 0 Å². The van der Waals surface area contributed by atoms with Gasteiger partial charge in [0.25, 0.3) is 0 Å². The first-order chi connectivity index (χ1) is 13.8. The zero-order valence-electron chi connectivity index (χ0n) is 15.7. The molecule has 0 N–H and O–H groups in total. The number of thiophene rings is 2. The third kappa shape index (κ3) is 2.88. The molecule has 0 saturated heterocycles. The molecule has 0 unspecified atom stereocenters. The lowest BCUT2D eigenvalue weighted by molar-refractivity contribution is -0.133. The van der Waals surface area contributed by atoms with Crippen molar-refractivity contribution in [2.45, 2.75) is 32.4 Å². The molecule has 28 heavy (non-hydrogen) atoms. The number of aromatic nitrogens is 2. The Kier molecular flexibility index (Phi) is 4.53. The monoisotopic (exact) mass is 407 g/mol. The van der Waals surface area contributed by atoms with Crippen LogP contribution < -0.4 is 0 Å². The van der Waals surface area contributed by atoms with Crippen molar-refractivity contribution in [2.75, 3.05) is 6.54 Å². The van der Waals surface area contributed by atoms with Crippen molar-refractivity contribution in [1.29, 1.82) is 0 Å². The van der Waals surface area contributed by atoms with Gasteiger partial charge in [-0.15, -0.1) is 22.7 Å². The van der Waals surface area contributed by atoms with Gasteiger partial charge in [0, 0.05) is 22.7 Å². The van der Waals surface area contributed by atoms with Gasteiger partial charge in [-0.05, 0) is 47.0 Å². The Hall–Kier alpha value is -2.44. The number of rotatable bonds is 4. The predicted molar refractivity (Wildman–Crippen MR) is 115 cm³/mol. The standard InChI is InChI=1S/C22H21N3OS2/c1-2-20-23-16-6-3-4-7-17(16)25(20)14-21(26)24-11-9-18-15(10-13-28-18)22(24)19-8-5-12-27-19/h3-8,10,12-13,22H,2,9,11,14H2,1H3/t22-/m1/s1. The Morgan fingerprint density at radius 2 is 2.04 bits per heavy atom. The highest BCUT2D eigenvalue weighted by atomic mass is 32.1. The Morgan fingerprint density at radius 3 is 2.86 bits per heavy atom. The average Bonchev–Trinajstić information content (AvgIpc) is 3.47. The quantitative estimate of drug-likeness (QED) is 0.483. The molecule has 0 aliphatic carbocycles. The van der Waals surface area contributed by atoms with Gasteiger partial charge in [0.2, 0.25) is 5.91 Å². The van der Waals surface area contributed by atoms with Gasteiger partial charge < -0.3 is 9.47 Å². The number of fused-ring (bicyclic) bond motifs is 2. The van der Waals surface area contributed by atoms with Gasteiger partial charge in [-0.3, -0.25) is 4.79 Å². The number of aryl methyl sites for hydroxylation is 1. The summed E-state index contributed by atoms with van der Waals surface area (Å²) in [5.74, 6) is 1.13. The summed E-state index contributed by atoms with van der Waals surface area (Å²) in [5.41, 5.74) is 3.28. The minimum atomic E-state index is 0.0300. The molecule has 1 amide bonds. The third-order valence-corrected chi connectivity index (χ3v) is 7.36. The number of carbonyl (C=O) groups excluding carboxylic acids is 1. The maximum Gasteiger partial charge on any atom is 0.243 e. The Balaban J connectivity index is 1.52. The lowest BCUT2D eigenvalue weighted by atomic mass is 9.98. The van der Waals surface area contributed by atoms with E-state index in [0.717, 1.165) is 36.2 Å². The summed E-state index contributed by atoms with van der Waals surface area (Å²) < 4.78 is 2.09. The van der Waals surface area contributed by atoms with Crippen LogP contribution in [0.2, 0.25) is 0 Å². The molecule has 6 heteroatoms. The van der Waals surface area contributed by atoms with Crippen molar-refractivity contribution in [3.63, 3.8) is 0 Å². The van der Waals surface area contributed by atoms with Crippen molar-refractivity contribution in [2.24, 2.45) is 0 Å². The molecule has 4 nitrogen and oxygen atoms in total. The summed E-state index contributed by atoms with van der Waals surface area (Å²) in [6, 6.07) is 14.5. The zero-order chi connectivity index (χ0) is 19.1. The highest BCUT2D eigenvalue weighted by Gasteiger charge is 2.33. The molecule has 0 bridgehead atoms. The fraction of sp³-hybridized carbons (Fsp3) is 0.273. The first kappa shape index (κ1) is 17.6. The van der Waals surface area contributed by atoms with E-state index in [4.69, 9.17) is 4.98 Å². The second kappa shape index (κ2) is 7.18. The molecule has 1 aliphatic heterocycles. The Bertz CT molecular complexity index is 1130. The highest BCUT2D eigenvalue weighted by molar-refractivity contribution is 7.10. The fourth-order valence-electron chi connectivity index (χ4n) is 4.14. The van der Waals surface area contributed by atoms with Crippen LogP contribution in [0.5, 0.6) is 0 Å². The minimum absolute atomic E-state index is 0.0300. The van der Waals surface area contributed by atoms with Crippen LogP contribution in [0.4, 0.5) is 0 Å². The molecule has 1 aliphatic rings. The van der Waals surface area contributed by atoms with Gasteiger partial charge in [-0.1, -0.05) is 25.1 Å². The second-order valence-corrected chi connectivity index (χ2v) is 8.99. The normalized spacial score (nSPS) is 16.5. The summed E-state index contributed by atoms with van der Waals surface area (Å²) >= 11 is 3.53. The van der Waals surface area contributed by atoms with Crippen molar-refractivity contribution < 1.29 is 4.79 Å². The van der Waals surface area contributed by atoms with E-state index < -0.39 is 0 Å². The lowest BCUT2D eigenvalue weighted by Gasteiger charge is -2.35. The van der Waals surface area contributed by atoms with Crippen LogP contribution >= 0.6 is 22.7 Å². The molecular formula is C22H21N3OS2. The van der Waals surface area contributed by atoms with Gasteiger partial charge in [-0.25, -0.2) is 4.98 Å². The molecule has 0 radical (unpaired) electrons. The van der Waals surface area contributed by atoms with Crippen LogP contribution in [-0.2, 0) is 24.2 Å². The van der Waals surface area contributed by atoms with E-state index in [9.17, 15) is 4.79 Å². The molecule has 1 atom stereocenters. The number of hydrogen-bond donors (Lipinski definition) is 0. The number of amides is 1. The van der Waals surface area contributed by atoms with Crippen LogP contribution in [0.25, 0.3) is 11.0 Å². The molecule has 5 rings (SSSR count). The molecule has 1 aromatic carbocycles. The number of nitrogens with zero attached hydrogens (tertiary/aromatic N) is 3. The SMILES string of the molecule is CCc1nc2ccccc2n1CC(=O)N1CCc2sccc2[C@@H]1c1cccs1. The zero-order valence-corrected chi connectivity index (χ0v) is 17.3. The van der Waals surface area contributed by atoms with Gasteiger partial charge in [-0.2, -0.15) is 0 Å². The minimum Gasteiger partial charge on any atom is -0.329 e. The maximum atomic E-state index is 13.5. The first-order valence-electron chi connectivity index (χ1n) is 9.59. The molecule has 0 fully saturated rings. The van der Waals surface area contributed by atoms with Crippen LogP contribution in [0.1, 0.15) is 34.1 Å². The van der Waals surface area contributed by atoms with Crippen LogP contribution in [-0.4, -0.2) is 26.9 Å². The van der Waals surface area contributed by atoms with E-state index >= 15 is 0 Å². The highest BCUT2D eigenvalue weighted by Crippen LogP contribution is 2.39. The van der Waals surface area contributed by atoms with Gasteiger partial charge in [0.05, 0.1) is 17.1 Å². The molecule has 3 aromatic heterocycles. The molecule has 4 heterocycles. The predicted octanol–water partition coefficient (Wildman–Crippen LogP) is 4.90. The number of para-hydroxylation sites is 2. The first-order valence-corrected chi connectivity index (χ1v) is 11.4. The van der Waals surface area contributed by atoms with Crippen LogP contribution in [0, 0.1) is 0 Å². The molecule has 142 valence electrons. The van der Waals surface area contributed by atoms with Gasteiger partial charge in [0.1, 0.15) is 12.4 Å². The Labute approximate surface area is 172 Å². The summed E-state index contributed by atoms with van der Waals surface area (Å²) in [7, 11) is 0. The number of imidazole rings is 1. The third-order valence-electron chi connectivity index (χ3n) is 5.44. The molecule has 0 saturated carbocycles. The van der Waals surface area contributed by atoms with E-state index in [2.05, 4.69) is 51.4 Å². The fourth-order valence-corrected chi connectivity index (χ4v) is 5.89. The Morgan fingerprint density at radius 1 is 1.14 bits per heavy atom. The van der Waals surface area contributed by atoms with Crippen molar-refractivity contribution in [3.05, 3.63) is 74.4 Å². The molecular weight excluding hydrogens is 386 g/mol. The van der Waals surface area contributed by atoms with E-state index in [0.29, 0.717) is 6.54 Å². The summed E-state index contributed by atoms with van der Waals surface area (Å²) in [5, 5.41) is 4.25. The van der Waals surface area contributed by atoms with E-state index in [-0.39, 0.29) is 11.9 Å². The molecule has 4 aromatic rings. The average molecular weight is 408 g/mol. The van der Waals surface area contributed by atoms with Crippen LogP contribution in [0.15, 0.2) is 53.2 Å². The number of benzene rings is 1. The largest absolute Gasteiger partial charge is 0.329 e.